The zero-order valence-corrected chi connectivity index (χ0v) is 17.8. The minimum absolute atomic E-state index is 0.156. The number of carbonyl (C=O) groups is 1. The van der Waals surface area contributed by atoms with Crippen LogP contribution in [0.2, 0.25) is 0 Å². The van der Waals surface area contributed by atoms with Gasteiger partial charge in [-0.3, -0.25) is 4.79 Å². The molecule has 2 aromatic rings. The highest BCUT2D eigenvalue weighted by Gasteiger charge is 2.41. The van der Waals surface area contributed by atoms with E-state index in [0.29, 0.717) is 51.3 Å². The Hall–Kier alpha value is -2.45. The number of sulfonamides is 1. The third-order valence-corrected chi connectivity index (χ3v) is 7.82. The topological polar surface area (TPSA) is 60.9 Å². The van der Waals surface area contributed by atoms with Crippen LogP contribution in [0.3, 0.4) is 0 Å². The van der Waals surface area contributed by atoms with Crippen LogP contribution in [0.1, 0.15) is 18.4 Å². The van der Waals surface area contributed by atoms with Crippen molar-refractivity contribution in [2.24, 2.45) is 0 Å². The molecule has 160 valence electrons. The number of halogens is 1. The SMILES string of the molecule is Cc1ccc(S(=O)(=O)N2CCC[C@@H]2C(=O)N2CCN(c3ccccc3F)CC2)cc1. The number of hydrogen-bond acceptors (Lipinski definition) is 4. The minimum Gasteiger partial charge on any atom is -0.366 e. The average molecular weight is 432 g/mol. The first kappa shape index (κ1) is 20.8. The van der Waals surface area contributed by atoms with Crippen molar-refractivity contribution in [1.82, 2.24) is 9.21 Å². The molecule has 2 aliphatic rings. The molecule has 8 heteroatoms. The summed E-state index contributed by atoms with van der Waals surface area (Å²) >= 11 is 0. The van der Waals surface area contributed by atoms with E-state index in [9.17, 15) is 17.6 Å². The Morgan fingerprint density at radius 3 is 2.30 bits per heavy atom. The third-order valence-electron chi connectivity index (χ3n) is 5.90. The zero-order valence-electron chi connectivity index (χ0n) is 17.0. The van der Waals surface area contributed by atoms with Gasteiger partial charge >= 0.3 is 0 Å². The molecule has 0 aromatic heterocycles. The fourth-order valence-electron chi connectivity index (χ4n) is 4.21. The lowest BCUT2D eigenvalue weighted by Gasteiger charge is -2.38. The van der Waals surface area contributed by atoms with Crippen molar-refractivity contribution in [1.29, 1.82) is 0 Å². The van der Waals surface area contributed by atoms with E-state index in [1.165, 1.54) is 10.4 Å². The molecule has 1 atom stereocenters. The van der Waals surface area contributed by atoms with Crippen molar-refractivity contribution in [3.05, 3.63) is 59.9 Å². The molecule has 2 heterocycles. The number of benzene rings is 2. The van der Waals surface area contributed by atoms with Crippen molar-refractivity contribution in [3.63, 3.8) is 0 Å². The molecule has 0 saturated carbocycles. The number of carbonyl (C=O) groups excluding carboxylic acids is 1. The van der Waals surface area contributed by atoms with E-state index in [0.717, 1.165) is 5.56 Å². The Balaban J connectivity index is 1.45. The standard InChI is InChI=1S/C22H26FN3O3S/c1-17-8-10-18(11-9-17)30(28,29)26-12-4-7-21(26)22(27)25-15-13-24(14-16-25)20-6-3-2-5-19(20)23/h2-3,5-6,8-11,21H,4,7,12-16H2,1H3/t21-/m1/s1. The summed E-state index contributed by atoms with van der Waals surface area (Å²) in [6.45, 7) is 4.18. The van der Waals surface area contributed by atoms with Crippen LogP contribution in [-0.2, 0) is 14.8 Å². The summed E-state index contributed by atoms with van der Waals surface area (Å²) in [5.41, 5.74) is 1.52. The largest absolute Gasteiger partial charge is 0.366 e. The predicted octanol–water partition coefficient (Wildman–Crippen LogP) is 2.64. The Morgan fingerprint density at radius 2 is 1.63 bits per heavy atom. The van der Waals surface area contributed by atoms with Crippen LogP contribution in [0.25, 0.3) is 0 Å². The van der Waals surface area contributed by atoms with Crippen LogP contribution in [0, 0.1) is 12.7 Å². The zero-order chi connectivity index (χ0) is 21.3. The lowest BCUT2D eigenvalue weighted by molar-refractivity contribution is -0.134. The second-order valence-electron chi connectivity index (χ2n) is 7.85. The number of anilines is 1. The van der Waals surface area contributed by atoms with E-state index >= 15 is 0 Å². The monoisotopic (exact) mass is 431 g/mol. The lowest BCUT2D eigenvalue weighted by Crippen LogP contribution is -2.54. The van der Waals surface area contributed by atoms with Gasteiger partial charge in [0.05, 0.1) is 10.6 Å². The van der Waals surface area contributed by atoms with Gasteiger partial charge in [-0.05, 0) is 44.0 Å². The van der Waals surface area contributed by atoms with Gasteiger partial charge in [-0.1, -0.05) is 29.8 Å². The van der Waals surface area contributed by atoms with E-state index < -0.39 is 16.1 Å². The summed E-state index contributed by atoms with van der Waals surface area (Å²) in [7, 11) is -3.72. The van der Waals surface area contributed by atoms with Gasteiger partial charge < -0.3 is 9.80 Å². The van der Waals surface area contributed by atoms with Gasteiger partial charge in [0.1, 0.15) is 11.9 Å². The van der Waals surface area contributed by atoms with E-state index in [-0.39, 0.29) is 16.6 Å². The van der Waals surface area contributed by atoms with Gasteiger partial charge in [-0.2, -0.15) is 4.31 Å². The maximum absolute atomic E-state index is 14.0. The van der Waals surface area contributed by atoms with E-state index in [2.05, 4.69) is 0 Å². The maximum Gasteiger partial charge on any atom is 0.243 e. The highest BCUT2D eigenvalue weighted by molar-refractivity contribution is 7.89. The molecule has 0 spiro atoms. The van der Waals surface area contributed by atoms with Crippen LogP contribution in [0.15, 0.2) is 53.4 Å². The Labute approximate surface area is 176 Å². The number of rotatable bonds is 4. The molecule has 0 N–H and O–H groups in total. The second kappa shape index (κ2) is 8.35. The number of aryl methyl sites for hydroxylation is 1. The Morgan fingerprint density at radius 1 is 0.967 bits per heavy atom. The van der Waals surface area contributed by atoms with Crippen LogP contribution in [0.4, 0.5) is 10.1 Å². The first-order valence-electron chi connectivity index (χ1n) is 10.2. The molecule has 2 fully saturated rings. The molecule has 0 bridgehead atoms. The summed E-state index contributed by atoms with van der Waals surface area (Å²) in [5.74, 6) is -0.431. The van der Waals surface area contributed by atoms with Crippen LogP contribution in [-0.4, -0.2) is 62.3 Å². The smallest absolute Gasteiger partial charge is 0.243 e. The van der Waals surface area contributed by atoms with Crippen LogP contribution < -0.4 is 4.90 Å². The molecule has 0 unspecified atom stereocenters. The molecule has 0 radical (unpaired) electrons. The van der Waals surface area contributed by atoms with Crippen molar-refractivity contribution >= 4 is 21.6 Å². The highest BCUT2D eigenvalue weighted by atomic mass is 32.2. The van der Waals surface area contributed by atoms with Gasteiger partial charge in [0.15, 0.2) is 0 Å². The van der Waals surface area contributed by atoms with E-state index in [1.807, 2.05) is 11.8 Å². The summed E-state index contributed by atoms with van der Waals surface area (Å²) in [4.78, 5) is 17.0. The molecule has 2 aliphatic heterocycles. The minimum atomic E-state index is -3.72. The molecule has 1 amide bonds. The highest BCUT2D eigenvalue weighted by Crippen LogP contribution is 2.28. The fraction of sp³-hybridized carbons (Fsp3) is 0.409. The summed E-state index contributed by atoms with van der Waals surface area (Å²) in [6, 6.07) is 12.7. The van der Waals surface area contributed by atoms with Crippen molar-refractivity contribution in [3.8, 4) is 0 Å². The van der Waals surface area contributed by atoms with E-state index in [4.69, 9.17) is 0 Å². The second-order valence-corrected chi connectivity index (χ2v) is 9.74. The number of para-hydroxylation sites is 1. The molecule has 4 rings (SSSR count). The van der Waals surface area contributed by atoms with Crippen LogP contribution in [0.5, 0.6) is 0 Å². The van der Waals surface area contributed by atoms with Gasteiger partial charge in [-0.15, -0.1) is 0 Å². The maximum atomic E-state index is 14.0. The van der Waals surface area contributed by atoms with Crippen molar-refractivity contribution in [2.75, 3.05) is 37.6 Å². The van der Waals surface area contributed by atoms with Crippen LogP contribution >= 0.6 is 0 Å². The van der Waals surface area contributed by atoms with Gasteiger partial charge in [-0.25, -0.2) is 12.8 Å². The first-order valence-corrected chi connectivity index (χ1v) is 11.7. The normalized spacial score (nSPS) is 20.5. The van der Waals surface area contributed by atoms with Crippen molar-refractivity contribution in [2.45, 2.75) is 30.7 Å². The summed E-state index contributed by atoms with van der Waals surface area (Å²) < 4.78 is 41.6. The molecular formula is C22H26FN3O3S. The summed E-state index contributed by atoms with van der Waals surface area (Å²) in [5, 5.41) is 0. The Bertz CT molecular complexity index is 1020. The number of piperazine rings is 1. The molecule has 2 saturated heterocycles. The third kappa shape index (κ3) is 3.94. The molecule has 30 heavy (non-hydrogen) atoms. The Kier molecular flexibility index (Phi) is 5.79. The van der Waals surface area contributed by atoms with Crippen molar-refractivity contribution < 1.29 is 17.6 Å². The first-order chi connectivity index (χ1) is 14.4. The molecular weight excluding hydrogens is 405 g/mol. The van der Waals surface area contributed by atoms with Gasteiger partial charge in [0.25, 0.3) is 0 Å². The quantitative estimate of drug-likeness (QED) is 0.747. The average Bonchev–Trinajstić information content (AvgIpc) is 3.25. The van der Waals surface area contributed by atoms with Gasteiger partial charge in [0.2, 0.25) is 15.9 Å². The number of amides is 1. The fourth-order valence-corrected chi connectivity index (χ4v) is 5.86. The molecule has 2 aromatic carbocycles. The number of nitrogens with zero attached hydrogens (tertiary/aromatic N) is 3. The molecule has 0 aliphatic carbocycles. The lowest BCUT2D eigenvalue weighted by atomic mass is 10.1. The van der Waals surface area contributed by atoms with Gasteiger partial charge in [0, 0.05) is 32.7 Å². The van der Waals surface area contributed by atoms with E-state index in [1.54, 1.807) is 47.4 Å². The molecule has 6 nitrogen and oxygen atoms in total. The predicted molar refractivity (Wildman–Crippen MR) is 113 cm³/mol. The number of hydrogen-bond donors (Lipinski definition) is 0. The summed E-state index contributed by atoms with van der Waals surface area (Å²) in [6.07, 6.45) is 1.19.